The van der Waals surface area contributed by atoms with Crippen LogP contribution in [0.25, 0.3) is 0 Å². The zero-order valence-electron chi connectivity index (χ0n) is 17.6. The van der Waals surface area contributed by atoms with Crippen LogP contribution < -0.4 is 4.72 Å². The molecule has 9 heteroatoms. The summed E-state index contributed by atoms with van der Waals surface area (Å²) in [6, 6.07) is 15.5. The van der Waals surface area contributed by atoms with Crippen LogP contribution >= 0.6 is 11.6 Å². The minimum Gasteiger partial charge on any atom is -0.481 e. The Hall–Kier alpha value is -3.10. The average Bonchev–Trinajstić information content (AvgIpc) is 3.14. The molecule has 3 N–H and O–H groups in total. The van der Waals surface area contributed by atoms with Gasteiger partial charge in [0.05, 0.1) is 17.9 Å². The molecule has 0 aliphatic heterocycles. The lowest BCUT2D eigenvalue weighted by molar-refractivity contribution is -0.136. The van der Waals surface area contributed by atoms with Crippen molar-refractivity contribution < 1.29 is 23.1 Å². The smallest absolute Gasteiger partial charge is 0.304 e. The predicted molar refractivity (Wildman–Crippen MR) is 124 cm³/mol. The fraction of sp³-hybridized carbons (Fsp3) is 0.217. The van der Waals surface area contributed by atoms with E-state index in [1.807, 2.05) is 19.9 Å². The number of aryl methyl sites for hydroxylation is 1. The van der Waals surface area contributed by atoms with Crippen molar-refractivity contribution in [2.75, 3.05) is 10.5 Å². The van der Waals surface area contributed by atoms with E-state index in [4.69, 9.17) is 16.7 Å². The van der Waals surface area contributed by atoms with E-state index in [2.05, 4.69) is 9.71 Å². The van der Waals surface area contributed by atoms with Crippen LogP contribution in [0.4, 0.5) is 5.69 Å². The summed E-state index contributed by atoms with van der Waals surface area (Å²) in [5.74, 6) is -1.86. The number of benzene rings is 2. The summed E-state index contributed by atoms with van der Waals surface area (Å²) in [5.41, 5.74) is 4.01. The van der Waals surface area contributed by atoms with Crippen molar-refractivity contribution in [2.45, 2.75) is 26.2 Å². The Bertz CT molecular complexity index is 1230. The van der Waals surface area contributed by atoms with Gasteiger partial charge in [-0.1, -0.05) is 30.7 Å². The van der Waals surface area contributed by atoms with Crippen molar-refractivity contribution in [3.63, 3.8) is 0 Å². The first-order chi connectivity index (χ1) is 15.1. The second-order valence-electron chi connectivity index (χ2n) is 7.53. The van der Waals surface area contributed by atoms with Gasteiger partial charge in [-0.2, -0.15) is 0 Å². The summed E-state index contributed by atoms with van der Waals surface area (Å²) >= 11 is 5.90. The predicted octanol–water partition coefficient (Wildman–Crippen LogP) is 4.58. The summed E-state index contributed by atoms with van der Waals surface area (Å²) in [4.78, 5) is 26.7. The maximum atomic E-state index is 12.8. The Balaban J connectivity index is 1.74. The fourth-order valence-electron chi connectivity index (χ4n) is 3.27. The van der Waals surface area contributed by atoms with Crippen LogP contribution in [-0.2, 0) is 14.8 Å². The van der Waals surface area contributed by atoms with E-state index in [-0.39, 0.29) is 11.7 Å². The largest absolute Gasteiger partial charge is 0.481 e. The van der Waals surface area contributed by atoms with Crippen molar-refractivity contribution in [3.05, 3.63) is 87.7 Å². The van der Waals surface area contributed by atoms with Gasteiger partial charge < -0.3 is 10.1 Å². The van der Waals surface area contributed by atoms with Crippen LogP contribution in [0.15, 0.2) is 54.6 Å². The third-order valence-electron chi connectivity index (χ3n) is 5.10. The van der Waals surface area contributed by atoms with Crippen molar-refractivity contribution in [1.82, 2.24) is 4.98 Å². The van der Waals surface area contributed by atoms with Crippen LogP contribution in [0.5, 0.6) is 0 Å². The zero-order chi connectivity index (χ0) is 23.5. The first-order valence-electron chi connectivity index (χ1n) is 9.88. The quantitative estimate of drug-likeness (QED) is 0.392. The van der Waals surface area contributed by atoms with Gasteiger partial charge >= 0.3 is 5.97 Å². The van der Waals surface area contributed by atoms with E-state index < -0.39 is 28.2 Å². The molecule has 0 amide bonds. The Morgan fingerprint density at radius 2 is 1.72 bits per heavy atom. The molecule has 1 aromatic heterocycles. The molecule has 0 saturated carbocycles. The highest BCUT2D eigenvalue weighted by molar-refractivity contribution is 7.92. The molecule has 3 rings (SSSR count). The van der Waals surface area contributed by atoms with Gasteiger partial charge in [0.1, 0.15) is 0 Å². The monoisotopic (exact) mass is 474 g/mol. The Labute approximate surface area is 191 Å². The summed E-state index contributed by atoms with van der Waals surface area (Å²) in [7, 11) is -3.74. The standard InChI is InChI=1S/C23H23ClN2O5S/c1-14-13-20(25-22(14)23(29)17-3-7-18(24)8-4-17)15(2)16-5-9-19(10-6-16)26-32(30,31)12-11-21(27)28/h3-10,13,15,25-26H,11-12H2,1-2H3,(H,27,28). The average molecular weight is 475 g/mol. The third kappa shape index (κ3) is 5.77. The van der Waals surface area contributed by atoms with E-state index in [0.717, 1.165) is 16.8 Å². The molecule has 0 spiro atoms. The van der Waals surface area contributed by atoms with Crippen LogP contribution in [0.2, 0.25) is 5.02 Å². The lowest BCUT2D eigenvalue weighted by Gasteiger charge is -2.12. The van der Waals surface area contributed by atoms with E-state index in [9.17, 15) is 18.0 Å². The molecular weight excluding hydrogens is 452 g/mol. The number of carboxylic acids is 1. The number of sulfonamides is 1. The van der Waals surface area contributed by atoms with Gasteiger partial charge in [0.2, 0.25) is 15.8 Å². The van der Waals surface area contributed by atoms with Gasteiger partial charge in [0, 0.05) is 27.9 Å². The molecule has 1 heterocycles. The van der Waals surface area contributed by atoms with Crippen molar-refractivity contribution in [3.8, 4) is 0 Å². The second kappa shape index (κ2) is 9.58. The number of rotatable bonds is 9. The molecule has 0 fully saturated rings. The molecule has 0 aliphatic rings. The van der Waals surface area contributed by atoms with E-state index in [0.29, 0.717) is 22.0 Å². The molecule has 3 aromatic rings. The summed E-state index contributed by atoms with van der Waals surface area (Å²) in [6.45, 7) is 3.85. The molecule has 1 atom stereocenters. The number of H-pyrrole nitrogens is 1. The van der Waals surface area contributed by atoms with Crippen LogP contribution in [-0.4, -0.2) is 36.0 Å². The molecule has 0 saturated heterocycles. The number of hydrogen-bond acceptors (Lipinski definition) is 4. The number of aromatic nitrogens is 1. The molecule has 0 radical (unpaired) electrons. The summed E-state index contributed by atoms with van der Waals surface area (Å²) in [5, 5.41) is 9.22. The molecule has 7 nitrogen and oxygen atoms in total. The Morgan fingerprint density at radius 1 is 1.09 bits per heavy atom. The normalized spacial score (nSPS) is 12.3. The number of carbonyl (C=O) groups is 2. The second-order valence-corrected chi connectivity index (χ2v) is 9.81. The van der Waals surface area contributed by atoms with Gasteiger partial charge in [-0.3, -0.25) is 14.3 Å². The number of anilines is 1. The number of hydrogen-bond donors (Lipinski definition) is 3. The molecule has 0 aliphatic carbocycles. The number of halogens is 1. The minimum atomic E-state index is -3.74. The van der Waals surface area contributed by atoms with Gasteiger partial charge in [-0.05, 0) is 60.5 Å². The number of nitrogens with one attached hydrogen (secondary N) is 2. The summed E-state index contributed by atoms with van der Waals surface area (Å²) < 4.78 is 26.3. The highest BCUT2D eigenvalue weighted by atomic mass is 35.5. The lowest BCUT2D eigenvalue weighted by Crippen LogP contribution is -2.18. The highest BCUT2D eigenvalue weighted by Crippen LogP contribution is 2.27. The van der Waals surface area contributed by atoms with Crippen molar-refractivity contribution >= 4 is 39.1 Å². The van der Waals surface area contributed by atoms with Gasteiger partial charge in [-0.15, -0.1) is 0 Å². The van der Waals surface area contributed by atoms with E-state index in [1.165, 1.54) is 0 Å². The Morgan fingerprint density at radius 3 is 2.31 bits per heavy atom. The molecule has 1 unspecified atom stereocenters. The molecule has 32 heavy (non-hydrogen) atoms. The topological polar surface area (TPSA) is 116 Å². The van der Waals surface area contributed by atoms with Crippen molar-refractivity contribution in [1.29, 1.82) is 0 Å². The number of carboxylic acid groups (broad SMARTS) is 1. The van der Waals surface area contributed by atoms with Crippen LogP contribution in [0, 0.1) is 6.92 Å². The summed E-state index contributed by atoms with van der Waals surface area (Å²) in [6.07, 6.45) is -0.465. The number of aliphatic carboxylic acids is 1. The maximum absolute atomic E-state index is 12.8. The molecular formula is C23H23ClN2O5S. The third-order valence-corrected chi connectivity index (χ3v) is 6.64. The first kappa shape index (κ1) is 23.6. The SMILES string of the molecule is Cc1cc(C(C)c2ccc(NS(=O)(=O)CCC(=O)O)cc2)[nH]c1C(=O)c1ccc(Cl)cc1. The Kier molecular flexibility index (Phi) is 7.06. The molecule has 0 bridgehead atoms. The molecule has 2 aromatic carbocycles. The van der Waals surface area contributed by atoms with E-state index >= 15 is 0 Å². The number of carbonyl (C=O) groups excluding carboxylic acids is 1. The van der Waals surface area contributed by atoms with Crippen LogP contribution in [0.1, 0.15) is 52.1 Å². The van der Waals surface area contributed by atoms with E-state index in [1.54, 1.807) is 48.5 Å². The van der Waals surface area contributed by atoms with Gasteiger partial charge in [0.25, 0.3) is 0 Å². The minimum absolute atomic E-state index is 0.0712. The van der Waals surface area contributed by atoms with Gasteiger partial charge in [-0.25, -0.2) is 8.42 Å². The first-order valence-corrected chi connectivity index (χ1v) is 11.9. The number of aromatic amines is 1. The zero-order valence-corrected chi connectivity index (χ0v) is 19.1. The van der Waals surface area contributed by atoms with Crippen molar-refractivity contribution in [2.24, 2.45) is 0 Å². The highest BCUT2D eigenvalue weighted by Gasteiger charge is 2.19. The molecule has 168 valence electrons. The van der Waals surface area contributed by atoms with Crippen LogP contribution in [0.3, 0.4) is 0 Å². The fourth-order valence-corrected chi connectivity index (χ4v) is 4.44. The van der Waals surface area contributed by atoms with Gasteiger partial charge in [0.15, 0.2) is 0 Å². The lowest BCUT2D eigenvalue weighted by atomic mass is 9.97. The maximum Gasteiger partial charge on any atom is 0.304 e. The number of ketones is 1.